The maximum Gasteiger partial charge on any atom is 0.0933 e. The van der Waals surface area contributed by atoms with Gasteiger partial charge in [0.05, 0.1) is 23.9 Å². The van der Waals surface area contributed by atoms with Crippen LogP contribution in [-0.2, 0) is 16.2 Å². The van der Waals surface area contributed by atoms with Crippen LogP contribution in [-0.4, -0.2) is 17.2 Å². The average molecular weight is 249 g/mol. The van der Waals surface area contributed by atoms with Crippen LogP contribution in [0.25, 0.3) is 0 Å². The van der Waals surface area contributed by atoms with Gasteiger partial charge in [0, 0.05) is 0 Å². The Bertz CT molecular complexity index is 387. The molecule has 0 radical (unpaired) electrons. The van der Waals surface area contributed by atoms with E-state index in [1.807, 2.05) is 18.2 Å². The van der Waals surface area contributed by atoms with Gasteiger partial charge >= 0.3 is 0 Å². The molecule has 0 saturated carbocycles. The number of hydroxylamine groups is 1. The Balaban J connectivity index is 1.84. The number of rotatable bonds is 4. The Hall–Kier alpha value is -0.900. The van der Waals surface area contributed by atoms with Crippen LogP contribution >= 0.6 is 0 Å². The molecule has 1 aliphatic rings. The molecule has 3 nitrogen and oxygen atoms in total. The fraction of sp³-hybridized carbons (Fsp3) is 0.600. The van der Waals surface area contributed by atoms with Crippen LogP contribution in [0, 0.1) is 0 Å². The van der Waals surface area contributed by atoms with E-state index in [9.17, 15) is 0 Å². The van der Waals surface area contributed by atoms with Crippen molar-refractivity contribution in [2.75, 3.05) is 0 Å². The first kappa shape index (κ1) is 13.5. The lowest BCUT2D eigenvalue weighted by Gasteiger charge is -2.27. The highest BCUT2D eigenvalue weighted by atomic mass is 16.7. The Kier molecular flexibility index (Phi) is 3.76. The number of hydrogen-bond acceptors (Lipinski definition) is 3. The molecule has 18 heavy (non-hydrogen) atoms. The number of hydrogen-bond donors (Lipinski definition) is 1. The molecule has 1 heterocycles. The molecule has 1 aromatic carbocycles. The molecule has 100 valence electrons. The van der Waals surface area contributed by atoms with Crippen LogP contribution in [0.1, 0.15) is 39.7 Å². The zero-order chi connectivity index (χ0) is 13.2. The van der Waals surface area contributed by atoms with Gasteiger partial charge in [0.1, 0.15) is 0 Å². The molecular weight excluding hydrogens is 226 g/mol. The molecule has 0 aromatic heterocycles. The van der Waals surface area contributed by atoms with E-state index in [4.69, 9.17) is 9.57 Å². The molecule has 0 bridgehead atoms. The SMILES string of the molecule is CC1(C)CC(NOCc2ccccc2)C(C)(C)O1. The summed E-state index contributed by atoms with van der Waals surface area (Å²) >= 11 is 0. The van der Waals surface area contributed by atoms with E-state index >= 15 is 0 Å². The molecule has 1 unspecified atom stereocenters. The van der Waals surface area contributed by atoms with Crippen LogP contribution in [0.3, 0.4) is 0 Å². The smallest absolute Gasteiger partial charge is 0.0933 e. The second-order valence-corrected chi connectivity index (χ2v) is 6.11. The molecule has 1 aromatic rings. The lowest BCUT2D eigenvalue weighted by atomic mass is 9.95. The van der Waals surface area contributed by atoms with Crippen LogP contribution in [0.4, 0.5) is 0 Å². The number of ether oxygens (including phenoxy) is 1. The molecular formula is C15H23NO2. The number of nitrogens with one attached hydrogen (secondary N) is 1. The summed E-state index contributed by atoms with van der Waals surface area (Å²) in [6, 6.07) is 10.4. The summed E-state index contributed by atoms with van der Waals surface area (Å²) in [7, 11) is 0. The summed E-state index contributed by atoms with van der Waals surface area (Å²) in [5, 5.41) is 0. The molecule has 0 amide bonds. The molecule has 1 N–H and O–H groups in total. The summed E-state index contributed by atoms with van der Waals surface area (Å²) in [6.45, 7) is 9.02. The van der Waals surface area contributed by atoms with Gasteiger partial charge in [-0.05, 0) is 39.7 Å². The first-order valence-corrected chi connectivity index (χ1v) is 6.50. The quantitative estimate of drug-likeness (QED) is 0.832. The van der Waals surface area contributed by atoms with Crippen molar-refractivity contribution in [2.24, 2.45) is 0 Å². The van der Waals surface area contributed by atoms with Gasteiger partial charge in [-0.15, -0.1) is 0 Å². The van der Waals surface area contributed by atoms with Crippen molar-refractivity contribution in [3.8, 4) is 0 Å². The van der Waals surface area contributed by atoms with Crippen molar-refractivity contribution in [2.45, 2.75) is 58.0 Å². The lowest BCUT2D eigenvalue weighted by Crippen LogP contribution is -2.43. The van der Waals surface area contributed by atoms with Crippen molar-refractivity contribution in [3.05, 3.63) is 35.9 Å². The third-order valence-electron chi connectivity index (χ3n) is 3.38. The van der Waals surface area contributed by atoms with Gasteiger partial charge in [-0.3, -0.25) is 4.84 Å². The predicted octanol–water partition coefficient (Wildman–Crippen LogP) is 3.05. The minimum absolute atomic E-state index is 0.0860. The van der Waals surface area contributed by atoms with Crippen molar-refractivity contribution in [1.82, 2.24) is 5.48 Å². The van der Waals surface area contributed by atoms with Crippen molar-refractivity contribution in [3.63, 3.8) is 0 Å². The molecule has 3 heteroatoms. The summed E-state index contributed by atoms with van der Waals surface area (Å²) < 4.78 is 6.01. The van der Waals surface area contributed by atoms with Gasteiger partial charge in [-0.2, -0.15) is 5.48 Å². The Morgan fingerprint density at radius 1 is 1.22 bits per heavy atom. The van der Waals surface area contributed by atoms with Gasteiger partial charge in [-0.25, -0.2) is 0 Å². The first-order chi connectivity index (χ1) is 8.39. The van der Waals surface area contributed by atoms with Crippen LogP contribution in [0.2, 0.25) is 0 Å². The van der Waals surface area contributed by atoms with E-state index in [0.29, 0.717) is 6.61 Å². The average Bonchev–Trinajstić information content (AvgIpc) is 2.48. The molecule has 1 atom stereocenters. The summed E-state index contributed by atoms with van der Waals surface area (Å²) in [4.78, 5) is 5.60. The molecule has 2 rings (SSSR count). The van der Waals surface area contributed by atoms with Crippen molar-refractivity contribution >= 4 is 0 Å². The van der Waals surface area contributed by atoms with Gasteiger partial charge in [-0.1, -0.05) is 30.3 Å². The van der Waals surface area contributed by atoms with Crippen LogP contribution in [0.15, 0.2) is 30.3 Å². The van der Waals surface area contributed by atoms with E-state index < -0.39 is 0 Å². The van der Waals surface area contributed by atoms with E-state index in [1.165, 1.54) is 5.56 Å². The largest absolute Gasteiger partial charge is 0.368 e. The summed E-state index contributed by atoms with van der Waals surface area (Å²) in [5.41, 5.74) is 4.04. The topological polar surface area (TPSA) is 30.5 Å². The minimum atomic E-state index is -0.194. The van der Waals surface area contributed by atoms with E-state index in [2.05, 4.69) is 45.3 Å². The maximum atomic E-state index is 6.01. The number of benzene rings is 1. The maximum absolute atomic E-state index is 6.01. The normalized spacial score (nSPS) is 25.2. The van der Waals surface area contributed by atoms with Gasteiger partial charge in [0.15, 0.2) is 0 Å². The summed E-state index contributed by atoms with van der Waals surface area (Å²) in [6.07, 6.45) is 0.953. The lowest BCUT2D eigenvalue weighted by molar-refractivity contribution is -0.0893. The molecule has 1 aliphatic heterocycles. The fourth-order valence-electron chi connectivity index (χ4n) is 2.55. The zero-order valence-corrected chi connectivity index (χ0v) is 11.7. The van der Waals surface area contributed by atoms with Gasteiger partial charge in [0.25, 0.3) is 0 Å². The highest BCUT2D eigenvalue weighted by Gasteiger charge is 2.46. The van der Waals surface area contributed by atoms with Crippen LogP contribution < -0.4 is 5.48 Å². The summed E-state index contributed by atoms with van der Waals surface area (Å²) in [5.74, 6) is 0. The molecule has 1 fully saturated rings. The highest BCUT2D eigenvalue weighted by molar-refractivity contribution is 5.13. The third-order valence-corrected chi connectivity index (χ3v) is 3.38. The predicted molar refractivity (Wildman–Crippen MR) is 72.0 cm³/mol. The van der Waals surface area contributed by atoms with Gasteiger partial charge in [0.2, 0.25) is 0 Å². The molecule has 0 spiro atoms. The Labute approximate surface area is 109 Å². The standard InChI is InChI=1S/C15H23NO2/c1-14(2)10-13(15(3,4)18-14)16-17-11-12-8-6-5-7-9-12/h5-9,13,16H,10-11H2,1-4H3. The van der Waals surface area contributed by atoms with Crippen molar-refractivity contribution in [1.29, 1.82) is 0 Å². The van der Waals surface area contributed by atoms with Gasteiger partial charge < -0.3 is 4.74 Å². The van der Waals surface area contributed by atoms with Crippen LogP contribution in [0.5, 0.6) is 0 Å². The van der Waals surface area contributed by atoms with Crippen molar-refractivity contribution < 1.29 is 9.57 Å². The highest BCUT2D eigenvalue weighted by Crippen LogP contribution is 2.37. The Morgan fingerprint density at radius 3 is 2.44 bits per heavy atom. The van der Waals surface area contributed by atoms with E-state index in [0.717, 1.165) is 6.42 Å². The minimum Gasteiger partial charge on any atom is -0.368 e. The van der Waals surface area contributed by atoms with E-state index in [1.54, 1.807) is 0 Å². The first-order valence-electron chi connectivity index (χ1n) is 6.50. The second kappa shape index (κ2) is 5.00. The fourth-order valence-corrected chi connectivity index (χ4v) is 2.55. The monoisotopic (exact) mass is 249 g/mol. The molecule has 0 aliphatic carbocycles. The second-order valence-electron chi connectivity index (χ2n) is 6.11. The Morgan fingerprint density at radius 2 is 1.89 bits per heavy atom. The third kappa shape index (κ3) is 3.31. The molecule has 1 saturated heterocycles. The zero-order valence-electron chi connectivity index (χ0n) is 11.7. The van der Waals surface area contributed by atoms with E-state index in [-0.39, 0.29) is 17.2 Å².